The van der Waals surface area contributed by atoms with E-state index in [2.05, 4.69) is 23.0 Å². The average Bonchev–Trinajstić information content (AvgIpc) is 2.26. The van der Waals surface area contributed by atoms with Crippen LogP contribution >= 0.6 is 0 Å². The van der Waals surface area contributed by atoms with Crippen LogP contribution in [0.1, 0.15) is 45.6 Å². The molecule has 2 aromatic heterocycles. The van der Waals surface area contributed by atoms with Crippen molar-refractivity contribution in [1.29, 1.82) is 0 Å². The first-order chi connectivity index (χ1) is 8.94. The molecule has 3 heteroatoms. The number of pyridine rings is 2. The van der Waals surface area contributed by atoms with Crippen molar-refractivity contribution in [3.05, 3.63) is 58.2 Å². The van der Waals surface area contributed by atoms with E-state index in [1.54, 1.807) is 6.92 Å². The predicted octanol–water partition coefficient (Wildman–Crippen LogP) is 3.20. The number of aromatic nitrogens is 2. The number of nitrogens with zero attached hydrogens (tertiary/aromatic N) is 2. The maximum absolute atomic E-state index is 11.4. The molecule has 0 unspecified atom stereocenters. The van der Waals surface area contributed by atoms with Crippen LogP contribution in [0, 0.1) is 20.8 Å². The maximum atomic E-state index is 11.4. The van der Waals surface area contributed by atoms with Crippen molar-refractivity contribution in [2.45, 2.75) is 34.1 Å². The van der Waals surface area contributed by atoms with Crippen LogP contribution in [0.3, 0.4) is 0 Å². The van der Waals surface area contributed by atoms with Crippen molar-refractivity contribution in [1.82, 2.24) is 9.97 Å². The largest absolute Gasteiger partial charge is 0.293 e. The zero-order chi connectivity index (χ0) is 14.0. The first kappa shape index (κ1) is 13.4. The third kappa shape index (κ3) is 3.47. The second-order valence-corrected chi connectivity index (χ2v) is 5.03. The van der Waals surface area contributed by atoms with Crippen molar-refractivity contribution in [3.8, 4) is 0 Å². The smallest absolute Gasteiger partial charge is 0.178 e. The van der Waals surface area contributed by atoms with Gasteiger partial charge in [0.25, 0.3) is 0 Å². The minimum Gasteiger partial charge on any atom is -0.293 e. The van der Waals surface area contributed by atoms with Gasteiger partial charge in [-0.3, -0.25) is 9.78 Å². The highest BCUT2D eigenvalue weighted by Crippen LogP contribution is 2.12. The SMILES string of the molecule is CC(=O)c1cc(C)cc(Cc2cc(C)cc(C)n2)n1. The number of hydrogen-bond acceptors (Lipinski definition) is 3. The van der Waals surface area contributed by atoms with Crippen LogP contribution in [0.4, 0.5) is 0 Å². The summed E-state index contributed by atoms with van der Waals surface area (Å²) in [6, 6.07) is 7.94. The number of Topliss-reactive ketones (excluding diaryl/α,β-unsaturated/α-hetero) is 1. The van der Waals surface area contributed by atoms with E-state index in [4.69, 9.17) is 0 Å². The Kier molecular flexibility index (Phi) is 3.74. The molecule has 0 fully saturated rings. The lowest BCUT2D eigenvalue weighted by atomic mass is 10.1. The van der Waals surface area contributed by atoms with Crippen molar-refractivity contribution in [3.63, 3.8) is 0 Å². The van der Waals surface area contributed by atoms with E-state index in [0.717, 1.165) is 22.6 Å². The summed E-state index contributed by atoms with van der Waals surface area (Å²) in [6.07, 6.45) is 0.657. The highest BCUT2D eigenvalue weighted by atomic mass is 16.1. The van der Waals surface area contributed by atoms with Gasteiger partial charge in [-0.05, 0) is 56.2 Å². The topological polar surface area (TPSA) is 42.9 Å². The van der Waals surface area contributed by atoms with Crippen LogP contribution in [0.15, 0.2) is 24.3 Å². The number of carbonyl (C=O) groups excluding carboxylic acids is 1. The van der Waals surface area contributed by atoms with Gasteiger partial charge in [0.1, 0.15) is 5.69 Å². The van der Waals surface area contributed by atoms with Gasteiger partial charge in [-0.15, -0.1) is 0 Å². The van der Waals surface area contributed by atoms with E-state index in [1.807, 2.05) is 32.0 Å². The lowest BCUT2D eigenvalue weighted by molar-refractivity contribution is 0.101. The molecule has 0 amide bonds. The van der Waals surface area contributed by atoms with Gasteiger partial charge in [0.05, 0.1) is 0 Å². The van der Waals surface area contributed by atoms with Gasteiger partial charge in [0.2, 0.25) is 0 Å². The summed E-state index contributed by atoms with van der Waals surface area (Å²) in [5.41, 5.74) is 5.67. The van der Waals surface area contributed by atoms with Crippen molar-refractivity contribution >= 4 is 5.78 Å². The number of carbonyl (C=O) groups is 1. The third-order valence-electron chi connectivity index (χ3n) is 2.90. The van der Waals surface area contributed by atoms with Crippen LogP contribution in [-0.2, 0) is 6.42 Å². The molecule has 98 valence electrons. The van der Waals surface area contributed by atoms with Gasteiger partial charge in [0, 0.05) is 30.4 Å². The zero-order valence-electron chi connectivity index (χ0n) is 11.8. The highest BCUT2D eigenvalue weighted by Gasteiger charge is 2.07. The van der Waals surface area contributed by atoms with Crippen molar-refractivity contribution < 1.29 is 4.79 Å². The molecule has 3 nitrogen and oxygen atoms in total. The summed E-state index contributed by atoms with van der Waals surface area (Å²) < 4.78 is 0. The second-order valence-electron chi connectivity index (χ2n) is 5.03. The molecule has 2 aromatic rings. The van der Waals surface area contributed by atoms with Crippen LogP contribution in [0.2, 0.25) is 0 Å². The second kappa shape index (κ2) is 5.31. The molecule has 2 heterocycles. The fourth-order valence-corrected chi connectivity index (χ4v) is 2.21. The molecule has 0 aromatic carbocycles. The van der Waals surface area contributed by atoms with E-state index in [0.29, 0.717) is 12.1 Å². The van der Waals surface area contributed by atoms with Crippen molar-refractivity contribution in [2.75, 3.05) is 0 Å². The Labute approximate surface area is 113 Å². The van der Waals surface area contributed by atoms with E-state index in [1.165, 1.54) is 5.56 Å². The van der Waals surface area contributed by atoms with Gasteiger partial charge < -0.3 is 0 Å². The van der Waals surface area contributed by atoms with E-state index >= 15 is 0 Å². The molecule has 0 aliphatic rings. The molecular weight excluding hydrogens is 236 g/mol. The number of rotatable bonds is 3. The normalized spacial score (nSPS) is 10.5. The van der Waals surface area contributed by atoms with Crippen LogP contribution in [-0.4, -0.2) is 15.8 Å². The van der Waals surface area contributed by atoms with E-state index < -0.39 is 0 Å². The Morgan fingerprint density at radius 1 is 0.947 bits per heavy atom. The van der Waals surface area contributed by atoms with Crippen LogP contribution < -0.4 is 0 Å². The van der Waals surface area contributed by atoms with E-state index in [9.17, 15) is 4.79 Å². The van der Waals surface area contributed by atoms with Gasteiger partial charge in [0.15, 0.2) is 5.78 Å². The van der Waals surface area contributed by atoms with Gasteiger partial charge in [-0.2, -0.15) is 0 Å². The first-order valence-corrected chi connectivity index (χ1v) is 6.37. The highest BCUT2D eigenvalue weighted by molar-refractivity contribution is 5.92. The summed E-state index contributed by atoms with van der Waals surface area (Å²) in [5, 5.41) is 0. The van der Waals surface area contributed by atoms with Crippen molar-refractivity contribution in [2.24, 2.45) is 0 Å². The summed E-state index contributed by atoms with van der Waals surface area (Å²) in [7, 11) is 0. The molecule has 0 spiro atoms. The Morgan fingerprint density at radius 2 is 1.53 bits per heavy atom. The standard InChI is InChI=1S/C16H18N2O/c1-10-5-12(3)17-14(6-10)9-15-7-11(2)8-16(18-15)13(4)19/h5-8H,9H2,1-4H3. The van der Waals surface area contributed by atoms with Gasteiger partial charge in [-0.1, -0.05) is 0 Å². The summed E-state index contributed by atoms with van der Waals surface area (Å²) >= 11 is 0. The Hall–Kier alpha value is -2.03. The average molecular weight is 254 g/mol. The number of ketones is 1. The Balaban J connectivity index is 2.35. The molecular formula is C16H18N2O. The summed E-state index contributed by atoms with van der Waals surface area (Å²) in [4.78, 5) is 20.3. The fraction of sp³-hybridized carbons (Fsp3) is 0.312. The minimum absolute atomic E-state index is 0.00154. The molecule has 0 radical (unpaired) electrons. The lowest BCUT2D eigenvalue weighted by Crippen LogP contribution is -2.03. The molecule has 2 rings (SSSR count). The monoisotopic (exact) mass is 254 g/mol. The van der Waals surface area contributed by atoms with Gasteiger partial charge in [-0.25, -0.2) is 4.98 Å². The lowest BCUT2D eigenvalue weighted by Gasteiger charge is -2.06. The summed E-state index contributed by atoms with van der Waals surface area (Å²) in [5.74, 6) is -0.00154. The molecule has 0 aliphatic carbocycles. The van der Waals surface area contributed by atoms with Gasteiger partial charge >= 0.3 is 0 Å². The molecule has 0 bridgehead atoms. The summed E-state index contributed by atoms with van der Waals surface area (Å²) in [6.45, 7) is 7.57. The molecule has 0 atom stereocenters. The molecule has 0 saturated heterocycles. The first-order valence-electron chi connectivity index (χ1n) is 6.37. The Morgan fingerprint density at radius 3 is 2.11 bits per heavy atom. The number of hydrogen-bond donors (Lipinski definition) is 0. The van der Waals surface area contributed by atoms with Crippen LogP contribution in [0.25, 0.3) is 0 Å². The molecule has 19 heavy (non-hydrogen) atoms. The molecule has 0 aliphatic heterocycles. The zero-order valence-corrected chi connectivity index (χ0v) is 11.8. The Bertz CT molecular complexity index is 612. The van der Waals surface area contributed by atoms with Crippen LogP contribution in [0.5, 0.6) is 0 Å². The third-order valence-corrected chi connectivity index (χ3v) is 2.90. The maximum Gasteiger partial charge on any atom is 0.178 e. The molecule has 0 saturated carbocycles. The quantitative estimate of drug-likeness (QED) is 0.790. The minimum atomic E-state index is -0.00154. The fourth-order valence-electron chi connectivity index (χ4n) is 2.21. The number of aryl methyl sites for hydroxylation is 3. The molecule has 0 N–H and O–H groups in total. The van der Waals surface area contributed by atoms with E-state index in [-0.39, 0.29) is 5.78 Å². The predicted molar refractivity (Wildman–Crippen MR) is 75.5 cm³/mol.